The quantitative estimate of drug-likeness (QED) is 0.374. The molecule has 1 amide bonds. The maximum atomic E-state index is 13.6. The number of halogens is 2. The van der Waals surface area contributed by atoms with Gasteiger partial charge in [0.05, 0.1) is 18.0 Å². The number of nitrogens with one attached hydrogen (secondary N) is 2. The van der Waals surface area contributed by atoms with Crippen LogP contribution >= 0.6 is 0 Å². The van der Waals surface area contributed by atoms with E-state index >= 15 is 0 Å². The number of piperidine rings is 2. The SMILES string of the molecule is C[C@@H]1C=C(C(=O)Nc2ccc(N3CCC(O)CC3)nc2)c2cc(-c3cncc(CN4CCC(F)(F)CC4)c3)ccc2N1. The maximum Gasteiger partial charge on any atom is 0.256 e. The van der Waals surface area contributed by atoms with Crippen molar-refractivity contribution < 1.29 is 18.7 Å². The molecule has 0 spiro atoms. The van der Waals surface area contributed by atoms with Gasteiger partial charge in [-0.15, -0.1) is 0 Å². The van der Waals surface area contributed by atoms with E-state index in [1.165, 1.54) is 0 Å². The molecule has 5 heterocycles. The van der Waals surface area contributed by atoms with E-state index in [1.807, 2.05) is 54.3 Å². The van der Waals surface area contributed by atoms with E-state index in [0.29, 0.717) is 30.9 Å². The normalized spacial score (nSPS) is 20.8. The van der Waals surface area contributed by atoms with Crippen LogP contribution in [0, 0.1) is 0 Å². The summed E-state index contributed by atoms with van der Waals surface area (Å²) in [6, 6.07) is 11.7. The van der Waals surface area contributed by atoms with E-state index in [-0.39, 0.29) is 30.9 Å². The highest BCUT2D eigenvalue weighted by Gasteiger charge is 2.34. The Labute approximate surface area is 244 Å². The standard InChI is InChI=1S/C32H36F2N6O2/c1-21-14-28(31(42)38-25-3-5-30(36-19-25)40-10-6-26(41)7-11-40)27-16-23(2-4-29(27)37-21)24-15-22(17-35-18-24)20-39-12-8-32(33,34)9-13-39/h2-5,14-19,21,26,37,41H,6-13,20H2,1H3,(H,38,42)/t21-/m1/s1. The number of aliphatic hydroxyl groups is 1. The fraction of sp³-hybridized carbons (Fsp3) is 0.406. The number of alkyl halides is 2. The molecule has 3 aliphatic rings. The summed E-state index contributed by atoms with van der Waals surface area (Å²) in [7, 11) is 0. The van der Waals surface area contributed by atoms with E-state index in [9.17, 15) is 18.7 Å². The maximum absolute atomic E-state index is 13.6. The number of hydrogen-bond acceptors (Lipinski definition) is 7. The van der Waals surface area contributed by atoms with Crippen molar-refractivity contribution in [1.29, 1.82) is 0 Å². The second kappa shape index (κ2) is 11.8. The molecule has 3 aliphatic heterocycles. The number of amides is 1. The summed E-state index contributed by atoms with van der Waals surface area (Å²) in [5.74, 6) is -1.95. The van der Waals surface area contributed by atoms with Gasteiger partial charge in [-0.3, -0.25) is 14.7 Å². The molecule has 6 rings (SSSR count). The van der Waals surface area contributed by atoms with Crippen LogP contribution in [0.1, 0.15) is 43.7 Å². The molecular weight excluding hydrogens is 538 g/mol. The van der Waals surface area contributed by atoms with Crippen LogP contribution < -0.4 is 15.5 Å². The van der Waals surface area contributed by atoms with Crippen molar-refractivity contribution in [3.8, 4) is 11.1 Å². The van der Waals surface area contributed by atoms with Gasteiger partial charge in [0, 0.05) is 86.4 Å². The van der Waals surface area contributed by atoms with Gasteiger partial charge in [-0.25, -0.2) is 13.8 Å². The number of hydrogen-bond donors (Lipinski definition) is 3. The van der Waals surface area contributed by atoms with E-state index in [2.05, 4.69) is 25.5 Å². The minimum absolute atomic E-state index is 0.0269. The van der Waals surface area contributed by atoms with Gasteiger partial charge in [0.1, 0.15) is 5.82 Å². The molecule has 0 radical (unpaired) electrons. The van der Waals surface area contributed by atoms with Crippen LogP contribution in [0.3, 0.4) is 0 Å². The van der Waals surface area contributed by atoms with E-state index in [1.54, 1.807) is 18.6 Å². The fourth-order valence-corrected chi connectivity index (χ4v) is 5.87. The van der Waals surface area contributed by atoms with E-state index in [4.69, 9.17) is 0 Å². The molecule has 1 atom stereocenters. The molecule has 0 aliphatic carbocycles. The van der Waals surface area contributed by atoms with E-state index < -0.39 is 5.92 Å². The zero-order valence-electron chi connectivity index (χ0n) is 23.7. The van der Waals surface area contributed by atoms with Gasteiger partial charge in [-0.05, 0) is 67.3 Å². The van der Waals surface area contributed by atoms with Crippen molar-refractivity contribution in [2.75, 3.05) is 41.7 Å². The number of carbonyl (C=O) groups is 1. The lowest BCUT2D eigenvalue weighted by molar-refractivity contribution is -0.111. The first-order valence-electron chi connectivity index (χ1n) is 14.6. The predicted octanol–water partition coefficient (Wildman–Crippen LogP) is 5.17. The molecule has 0 bridgehead atoms. The minimum Gasteiger partial charge on any atom is -0.393 e. The lowest BCUT2D eigenvalue weighted by Crippen LogP contribution is -2.38. The monoisotopic (exact) mass is 574 g/mol. The Bertz CT molecular complexity index is 1460. The van der Waals surface area contributed by atoms with Gasteiger partial charge in [-0.2, -0.15) is 0 Å². The first-order valence-corrected chi connectivity index (χ1v) is 14.6. The fourth-order valence-electron chi connectivity index (χ4n) is 5.87. The molecule has 0 unspecified atom stereocenters. The topological polar surface area (TPSA) is 93.6 Å². The van der Waals surface area contributed by atoms with Gasteiger partial charge >= 0.3 is 0 Å². The van der Waals surface area contributed by atoms with Crippen molar-refractivity contribution in [2.24, 2.45) is 0 Å². The third kappa shape index (κ3) is 6.44. The van der Waals surface area contributed by atoms with Crippen molar-refractivity contribution in [3.63, 3.8) is 0 Å². The highest BCUT2D eigenvalue weighted by Crippen LogP contribution is 2.35. The van der Waals surface area contributed by atoms with Crippen molar-refractivity contribution in [2.45, 2.75) is 57.2 Å². The molecule has 1 aromatic carbocycles. The summed E-state index contributed by atoms with van der Waals surface area (Å²) < 4.78 is 27.2. The van der Waals surface area contributed by atoms with Crippen LogP contribution in [0.2, 0.25) is 0 Å². The lowest BCUT2D eigenvalue weighted by atomic mass is 9.93. The Kier molecular flexibility index (Phi) is 7.92. The Balaban J connectivity index is 1.17. The van der Waals surface area contributed by atoms with Crippen LogP contribution in [-0.4, -0.2) is 70.1 Å². The van der Waals surface area contributed by atoms with Gasteiger partial charge in [0.15, 0.2) is 0 Å². The van der Waals surface area contributed by atoms with Crippen molar-refractivity contribution in [1.82, 2.24) is 14.9 Å². The number of fused-ring (bicyclic) bond motifs is 1. The number of rotatable bonds is 6. The average molecular weight is 575 g/mol. The van der Waals surface area contributed by atoms with Gasteiger partial charge in [0.2, 0.25) is 0 Å². The summed E-state index contributed by atoms with van der Waals surface area (Å²) in [6.45, 7) is 4.81. The smallest absolute Gasteiger partial charge is 0.256 e. The number of aromatic nitrogens is 2. The van der Waals surface area contributed by atoms with Gasteiger partial charge < -0.3 is 20.6 Å². The molecule has 220 valence electrons. The number of carbonyl (C=O) groups excluding carboxylic acids is 1. The number of anilines is 3. The summed E-state index contributed by atoms with van der Waals surface area (Å²) in [4.78, 5) is 26.7. The Hall–Kier alpha value is -3.89. The minimum atomic E-state index is -2.57. The third-order valence-corrected chi connectivity index (χ3v) is 8.27. The first-order chi connectivity index (χ1) is 20.2. The highest BCUT2D eigenvalue weighted by molar-refractivity contribution is 6.27. The Morgan fingerprint density at radius 2 is 1.83 bits per heavy atom. The summed E-state index contributed by atoms with van der Waals surface area (Å²) >= 11 is 0. The lowest BCUT2D eigenvalue weighted by Gasteiger charge is -2.31. The largest absolute Gasteiger partial charge is 0.393 e. The number of likely N-dealkylation sites (tertiary alicyclic amines) is 1. The molecular formula is C32H36F2N6O2. The zero-order chi connectivity index (χ0) is 29.3. The first kappa shape index (κ1) is 28.2. The van der Waals surface area contributed by atoms with Crippen molar-refractivity contribution in [3.05, 3.63) is 72.2 Å². The summed E-state index contributed by atoms with van der Waals surface area (Å²) in [6.07, 6.45) is 8.13. The van der Waals surface area contributed by atoms with Crippen molar-refractivity contribution >= 4 is 28.7 Å². The molecule has 2 saturated heterocycles. The Morgan fingerprint density at radius 3 is 2.57 bits per heavy atom. The van der Waals surface area contributed by atoms with E-state index in [0.717, 1.165) is 59.7 Å². The van der Waals surface area contributed by atoms with Crippen LogP contribution in [0.5, 0.6) is 0 Å². The molecule has 2 aromatic heterocycles. The summed E-state index contributed by atoms with van der Waals surface area (Å²) in [5, 5.41) is 16.2. The molecule has 2 fully saturated rings. The van der Waals surface area contributed by atoms with Gasteiger partial charge in [-0.1, -0.05) is 6.07 Å². The zero-order valence-corrected chi connectivity index (χ0v) is 23.7. The number of pyridine rings is 2. The van der Waals surface area contributed by atoms with Crippen LogP contribution in [0.4, 0.5) is 26.0 Å². The molecule has 8 nitrogen and oxygen atoms in total. The molecule has 3 N–H and O–H groups in total. The van der Waals surface area contributed by atoms with Gasteiger partial charge in [0.25, 0.3) is 11.8 Å². The number of aliphatic hydroxyl groups excluding tert-OH is 1. The average Bonchev–Trinajstić information content (AvgIpc) is 2.98. The summed E-state index contributed by atoms with van der Waals surface area (Å²) in [5.41, 5.74) is 5.64. The predicted molar refractivity (Wildman–Crippen MR) is 161 cm³/mol. The highest BCUT2D eigenvalue weighted by atomic mass is 19.3. The van der Waals surface area contributed by atoms with Crippen LogP contribution in [0.15, 0.2) is 61.1 Å². The molecule has 10 heteroatoms. The molecule has 0 saturated carbocycles. The second-order valence-corrected chi connectivity index (χ2v) is 11.6. The third-order valence-electron chi connectivity index (χ3n) is 8.27. The second-order valence-electron chi connectivity index (χ2n) is 11.6. The number of nitrogens with zero attached hydrogens (tertiary/aromatic N) is 4. The number of benzene rings is 1. The van der Waals surface area contributed by atoms with Crippen LogP contribution in [0.25, 0.3) is 16.7 Å². The molecule has 3 aromatic rings. The molecule has 42 heavy (non-hydrogen) atoms. The van der Waals surface area contributed by atoms with Crippen LogP contribution in [-0.2, 0) is 11.3 Å². The Morgan fingerprint density at radius 1 is 1.05 bits per heavy atom.